The normalized spacial score (nSPS) is 12.8. The number of rotatable bonds is 3. The maximum absolute atomic E-state index is 13.2. The summed E-state index contributed by atoms with van der Waals surface area (Å²) < 4.78 is 18.1. The Balaban J connectivity index is 1.65. The molecule has 5 heterocycles. The van der Waals surface area contributed by atoms with E-state index in [-0.39, 0.29) is 0 Å². The van der Waals surface area contributed by atoms with Gasteiger partial charge in [0.25, 0.3) is 0 Å². The molecule has 0 saturated heterocycles. The zero-order valence-corrected chi connectivity index (χ0v) is 15.6. The smallest absolute Gasteiger partial charge is 0.193 e. The van der Waals surface area contributed by atoms with Crippen LogP contribution in [-0.4, -0.2) is 37.5 Å². The third-order valence-corrected chi connectivity index (χ3v) is 5.69. The molecule has 0 fully saturated rings. The minimum absolute atomic E-state index is 0.476. The first kappa shape index (κ1) is 16.2. The lowest BCUT2D eigenvalue weighted by Crippen LogP contribution is -2.09. The minimum Gasteiger partial charge on any atom is -0.290 e. The van der Waals surface area contributed by atoms with Gasteiger partial charge in [-0.1, -0.05) is 11.6 Å². The fourth-order valence-corrected chi connectivity index (χ4v) is 4.15. The third-order valence-electron chi connectivity index (χ3n) is 4.20. The summed E-state index contributed by atoms with van der Waals surface area (Å²) in [5, 5.41) is 9.47. The number of imidazole rings is 1. The van der Waals surface area contributed by atoms with Gasteiger partial charge in [0.2, 0.25) is 0 Å². The van der Waals surface area contributed by atoms with Gasteiger partial charge in [0.1, 0.15) is 16.7 Å². The Morgan fingerprint density at radius 3 is 2.70 bits per heavy atom. The molecule has 0 spiro atoms. The Hall–Kier alpha value is -3.04. The lowest BCUT2D eigenvalue weighted by Gasteiger charge is -2.05. The molecule has 0 aliphatic heterocycles. The molecule has 0 bridgehead atoms. The van der Waals surface area contributed by atoms with Crippen LogP contribution in [0.4, 0.5) is 0 Å². The molecule has 0 aliphatic carbocycles. The molecule has 0 radical (unpaired) electrons. The van der Waals surface area contributed by atoms with Crippen molar-refractivity contribution in [1.29, 1.82) is 0 Å². The van der Waals surface area contributed by atoms with Crippen molar-refractivity contribution in [3.63, 3.8) is 0 Å². The van der Waals surface area contributed by atoms with Crippen LogP contribution in [0.15, 0.2) is 60.4 Å². The van der Waals surface area contributed by atoms with Crippen LogP contribution in [0.25, 0.3) is 27.8 Å². The number of hydrogen-bond donors (Lipinski definition) is 0. The molecule has 0 aromatic carbocycles. The molecule has 27 heavy (non-hydrogen) atoms. The van der Waals surface area contributed by atoms with E-state index in [4.69, 9.17) is 11.6 Å². The Bertz CT molecular complexity index is 1340. The topological polar surface area (TPSA) is 82.9 Å². The van der Waals surface area contributed by atoms with Crippen LogP contribution < -0.4 is 0 Å². The fourth-order valence-electron chi connectivity index (χ4n) is 2.90. The van der Waals surface area contributed by atoms with E-state index < -0.39 is 11.0 Å². The molecule has 5 rings (SSSR count). The monoisotopic (exact) mass is 397 g/mol. The van der Waals surface area contributed by atoms with E-state index in [1.165, 1.54) is 4.09 Å². The van der Waals surface area contributed by atoms with Gasteiger partial charge in [-0.05, 0) is 18.2 Å². The standard InChI is InChI=1S/C17H12ClN7OS/c1-23-9-12(6-21-23)11-4-15-14(19-5-11)7-22-25(15)27(26)17-8-20-16-3-2-13(18)10-24(16)17/h2-10H,1H3. The molecule has 1 atom stereocenters. The van der Waals surface area contributed by atoms with Gasteiger partial charge < -0.3 is 0 Å². The molecule has 10 heteroatoms. The SMILES string of the molecule is Cn1cc(-c2cnc3cnn(S(=O)c4cnc5ccc(Cl)cn45)c3c2)cn1. The molecule has 0 N–H and O–H groups in total. The second kappa shape index (κ2) is 6.00. The van der Waals surface area contributed by atoms with Crippen molar-refractivity contribution in [2.75, 3.05) is 0 Å². The minimum atomic E-state index is -1.61. The molecule has 0 saturated carbocycles. The highest BCUT2D eigenvalue weighted by Crippen LogP contribution is 2.24. The lowest BCUT2D eigenvalue weighted by atomic mass is 10.1. The molecule has 0 aliphatic rings. The van der Waals surface area contributed by atoms with Crippen LogP contribution >= 0.6 is 11.6 Å². The Morgan fingerprint density at radius 2 is 1.89 bits per heavy atom. The second-order valence-corrected chi connectivity index (χ2v) is 7.67. The van der Waals surface area contributed by atoms with Crippen LogP contribution in [0.1, 0.15) is 0 Å². The predicted octanol–water partition coefficient (Wildman–Crippen LogP) is 2.70. The van der Waals surface area contributed by atoms with Crippen molar-refractivity contribution in [2.45, 2.75) is 5.03 Å². The van der Waals surface area contributed by atoms with Crippen molar-refractivity contribution in [2.24, 2.45) is 7.05 Å². The van der Waals surface area contributed by atoms with Gasteiger partial charge in [0.05, 0.1) is 23.6 Å². The van der Waals surface area contributed by atoms with Gasteiger partial charge >= 0.3 is 0 Å². The summed E-state index contributed by atoms with van der Waals surface area (Å²) in [5.41, 5.74) is 3.77. The summed E-state index contributed by atoms with van der Waals surface area (Å²) in [5.74, 6) is 0. The van der Waals surface area contributed by atoms with Gasteiger partial charge in [-0.25, -0.2) is 9.19 Å². The molecular weight excluding hydrogens is 386 g/mol. The zero-order valence-electron chi connectivity index (χ0n) is 14.0. The Kier molecular flexibility index (Phi) is 3.59. The highest BCUT2D eigenvalue weighted by molar-refractivity contribution is 7.83. The molecule has 134 valence electrons. The van der Waals surface area contributed by atoms with Crippen LogP contribution in [0.3, 0.4) is 0 Å². The van der Waals surface area contributed by atoms with E-state index in [0.717, 1.165) is 11.1 Å². The first-order valence-corrected chi connectivity index (χ1v) is 9.46. The third kappa shape index (κ3) is 2.63. The summed E-state index contributed by atoms with van der Waals surface area (Å²) in [7, 11) is 0.237. The van der Waals surface area contributed by atoms with Crippen molar-refractivity contribution in [3.05, 3.63) is 60.4 Å². The average molecular weight is 398 g/mol. The first-order valence-electron chi connectivity index (χ1n) is 7.98. The fraction of sp³-hybridized carbons (Fsp3) is 0.0588. The molecule has 5 aromatic heterocycles. The zero-order chi connectivity index (χ0) is 18.5. The number of hydrogen-bond acceptors (Lipinski definition) is 5. The van der Waals surface area contributed by atoms with Crippen molar-refractivity contribution >= 4 is 39.3 Å². The highest BCUT2D eigenvalue weighted by atomic mass is 35.5. The Morgan fingerprint density at radius 1 is 1.00 bits per heavy atom. The van der Waals surface area contributed by atoms with E-state index >= 15 is 0 Å². The van der Waals surface area contributed by atoms with E-state index in [1.807, 2.05) is 19.3 Å². The van der Waals surface area contributed by atoms with Gasteiger partial charge in [-0.3, -0.25) is 14.1 Å². The molecule has 0 amide bonds. The van der Waals surface area contributed by atoms with Gasteiger partial charge in [-0.2, -0.15) is 14.3 Å². The van der Waals surface area contributed by atoms with E-state index in [1.54, 1.807) is 52.2 Å². The maximum atomic E-state index is 13.2. The molecule has 8 nitrogen and oxygen atoms in total. The quantitative estimate of drug-likeness (QED) is 0.467. The number of halogens is 1. The maximum Gasteiger partial charge on any atom is 0.193 e. The molecule has 5 aromatic rings. The second-order valence-electron chi connectivity index (χ2n) is 5.97. The van der Waals surface area contributed by atoms with Crippen LogP contribution in [0.2, 0.25) is 5.02 Å². The van der Waals surface area contributed by atoms with Gasteiger partial charge in [0, 0.05) is 36.8 Å². The lowest BCUT2D eigenvalue weighted by molar-refractivity contribution is 0.669. The molecule has 1 unspecified atom stereocenters. The van der Waals surface area contributed by atoms with Crippen LogP contribution in [-0.2, 0) is 18.0 Å². The highest BCUT2D eigenvalue weighted by Gasteiger charge is 2.17. The Labute approximate surface area is 160 Å². The van der Waals surface area contributed by atoms with Crippen LogP contribution in [0.5, 0.6) is 0 Å². The van der Waals surface area contributed by atoms with E-state index in [2.05, 4.69) is 20.2 Å². The molecular formula is C17H12ClN7OS. The number of aromatic nitrogens is 7. The first-order chi connectivity index (χ1) is 13.1. The predicted molar refractivity (Wildman–Crippen MR) is 102 cm³/mol. The van der Waals surface area contributed by atoms with Gasteiger partial charge in [-0.15, -0.1) is 0 Å². The van der Waals surface area contributed by atoms with Crippen LogP contribution in [0, 0.1) is 0 Å². The number of fused-ring (bicyclic) bond motifs is 2. The number of pyridine rings is 2. The number of aryl methyl sites for hydroxylation is 1. The summed E-state index contributed by atoms with van der Waals surface area (Å²) >= 11 is 6.07. The largest absolute Gasteiger partial charge is 0.290 e. The van der Waals surface area contributed by atoms with Gasteiger partial charge in [0.15, 0.2) is 16.0 Å². The summed E-state index contributed by atoms with van der Waals surface area (Å²) in [6.07, 6.45) is 10.2. The summed E-state index contributed by atoms with van der Waals surface area (Å²) in [6, 6.07) is 5.41. The summed E-state index contributed by atoms with van der Waals surface area (Å²) in [4.78, 5) is 8.71. The van der Waals surface area contributed by atoms with Crippen molar-refractivity contribution in [1.82, 2.24) is 33.3 Å². The number of nitrogens with zero attached hydrogens (tertiary/aromatic N) is 7. The summed E-state index contributed by atoms with van der Waals surface area (Å²) in [6.45, 7) is 0. The van der Waals surface area contributed by atoms with E-state index in [0.29, 0.717) is 26.7 Å². The van der Waals surface area contributed by atoms with Crippen molar-refractivity contribution < 1.29 is 4.21 Å². The van der Waals surface area contributed by atoms with E-state index in [9.17, 15) is 4.21 Å². The average Bonchev–Trinajstić information content (AvgIpc) is 3.38. The van der Waals surface area contributed by atoms with Crippen molar-refractivity contribution in [3.8, 4) is 11.1 Å².